The third kappa shape index (κ3) is 5.23. The molecule has 4 heteroatoms. The number of piperidine rings is 1. The molecule has 3 nitrogen and oxygen atoms in total. The van der Waals surface area contributed by atoms with E-state index in [1.54, 1.807) is 0 Å². The first kappa shape index (κ1) is 21.2. The zero-order valence-corrected chi connectivity index (χ0v) is 17.8. The SMILES string of the molecule is CCC(C(C)C)N1C(=O)CC[C@H](CN(CC)Cc2ccc(Cl)cc2)[C@@H]1C. The summed E-state index contributed by atoms with van der Waals surface area (Å²) in [5, 5.41) is 0.783. The fourth-order valence-corrected chi connectivity index (χ4v) is 4.46. The van der Waals surface area contributed by atoms with Crippen LogP contribution in [-0.2, 0) is 11.3 Å². The first-order valence-electron chi connectivity index (χ1n) is 10.1. The smallest absolute Gasteiger partial charge is 0.223 e. The van der Waals surface area contributed by atoms with E-state index in [0.717, 1.165) is 37.5 Å². The highest BCUT2D eigenvalue weighted by Gasteiger charge is 2.37. The van der Waals surface area contributed by atoms with Crippen LogP contribution in [0.15, 0.2) is 24.3 Å². The summed E-state index contributed by atoms with van der Waals surface area (Å²) in [6.07, 6.45) is 2.72. The van der Waals surface area contributed by atoms with Crippen LogP contribution in [0.1, 0.15) is 59.4 Å². The van der Waals surface area contributed by atoms with Crippen molar-refractivity contribution in [3.63, 3.8) is 0 Å². The first-order valence-corrected chi connectivity index (χ1v) is 10.5. The summed E-state index contributed by atoms with van der Waals surface area (Å²) >= 11 is 6.00. The topological polar surface area (TPSA) is 23.6 Å². The third-order valence-electron chi connectivity index (χ3n) is 5.94. The Hall–Kier alpha value is -1.06. The Balaban J connectivity index is 2.06. The minimum atomic E-state index is 0.308. The summed E-state index contributed by atoms with van der Waals surface area (Å²) in [4.78, 5) is 17.3. The largest absolute Gasteiger partial charge is 0.336 e. The molecule has 1 aliphatic heterocycles. The molecule has 0 spiro atoms. The predicted molar refractivity (Wildman–Crippen MR) is 110 cm³/mol. The Morgan fingerprint density at radius 2 is 1.88 bits per heavy atom. The molecule has 1 heterocycles. The van der Waals surface area contributed by atoms with Gasteiger partial charge in [-0.1, -0.05) is 51.4 Å². The number of benzene rings is 1. The van der Waals surface area contributed by atoms with E-state index in [4.69, 9.17) is 11.6 Å². The summed E-state index contributed by atoms with van der Waals surface area (Å²) in [6.45, 7) is 14.1. The second-order valence-electron chi connectivity index (χ2n) is 8.01. The number of likely N-dealkylation sites (tertiary alicyclic amines) is 1. The van der Waals surface area contributed by atoms with Gasteiger partial charge in [0.25, 0.3) is 0 Å². The van der Waals surface area contributed by atoms with E-state index in [0.29, 0.717) is 36.2 Å². The van der Waals surface area contributed by atoms with Gasteiger partial charge in [0.1, 0.15) is 0 Å². The molecule has 146 valence electrons. The molecule has 1 unspecified atom stereocenters. The van der Waals surface area contributed by atoms with E-state index >= 15 is 0 Å². The van der Waals surface area contributed by atoms with Crippen LogP contribution in [-0.4, -0.2) is 40.9 Å². The first-order chi connectivity index (χ1) is 12.4. The zero-order valence-electron chi connectivity index (χ0n) is 17.0. The Morgan fingerprint density at radius 1 is 1.23 bits per heavy atom. The molecule has 1 aromatic rings. The standard InChI is InChI=1S/C22H35ClN2O/c1-6-21(16(3)4)25-17(5)19(10-13-22(25)26)15-24(7-2)14-18-8-11-20(23)12-9-18/h8-9,11-12,16-17,19,21H,6-7,10,13-15H2,1-5H3/t17-,19+,21?/m0/s1. The van der Waals surface area contributed by atoms with Crippen LogP contribution in [0.3, 0.4) is 0 Å². The van der Waals surface area contributed by atoms with Crippen LogP contribution in [0.5, 0.6) is 0 Å². The van der Waals surface area contributed by atoms with Crippen LogP contribution in [0.25, 0.3) is 0 Å². The predicted octanol–water partition coefficient (Wildman–Crippen LogP) is 5.22. The molecule has 0 aromatic heterocycles. The normalized spacial score (nSPS) is 22.3. The lowest BCUT2D eigenvalue weighted by atomic mass is 9.85. The van der Waals surface area contributed by atoms with Gasteiger partial charge in [0.15, 0.2) is 0 Å². The van der Waals surface area contributed by atoms with E-state index in [9.17, 15) is 4.79 Å². The highest BCUT2D eigenvalue weighted by molar-refractivity contribution is 6.30. The molecule has 26 heavy (non-hydrogen) atoms. The minimum absolute atomic E-state index is 0.308. The molecular weight excluding hydrogens is 344 g/mol. The van der Waals surface area contributed by atoms with Gasteiger partial charge >= 0.3 is 0 Å². The summed E-state index contributed by atoms with van der Waals surface area (Å²) in [7, 11) is 0. The van der Waals surface area contributed by atoms with Gasteiger partial charge < -0.3 is 4.90 Å². The maximum Gasteiger partial charge on any atom is 0.223 e. The molecular formula is C22H35ClN2O. The maximum atomic E-state index is 12.6. The minimum Gasteiger partial charge on any atom is -0.336 e. The zero-order chi connectivity index (χ0) is 19.3. The Kier molecular flexibility index (Phi) is 7.97. The number of nitrogens with zero attached hydrogens (tertiary/aromatic N) is 2. The Morgan fingerprint density at radius 3 is 2.42 bits per heavy atom. The molecule has 0 bridgehead atoms. The van der Waals surface area contributed by atoms with E-state index in [1.165, 1.54) is 5.56 Å². The molecule has 0 aliphatic carbocycles. The second kappa shape index (κ2) is 9.75. The van der Waals surface area contributed by atoms with Gasteiger partial charge in [0, 0.05) is 36.6 Å². The molecule has 1 saturated heterocycles. The van der Waals surface area contributed by atoms with Gasteiger partial charge in [0.05, 0.1) is 0 Å². The molecule has 3 atom stereocenters. The average Bonchev–Trinajstić information content (AvgIpc) is 2.61. The van der Waals surface area contributed by atoms with Crippen molar-refractivity contribution in [1.82, 2.24) is 9.80 Å². The van der Waals surface area contributed by atoms with Gasteiger partial charge in [-0.3, -0.25) is 9.69 Å². The van der Waals surface area contributed by atoms with Crippen molar-refractivity contribution in [3.05, 3.63) is 34.9 Å². The van der Waals surface area contributed by atoms with Crippen LogP contribution >= 0.6 is 11.6 Å². The average molecular weight is 379 g/mol. The van der Waals surface area contributed by atoms with Gasteiger partial charge in [-0.05, 0) is 55.8 Å². The van der Waals surface area contributed by atoms with Crippen LogP contribution < -0.4 is 0 Å². The number of hydrogen-bond acceptors (Lipinski definition) is 2. The van der Waals surface area contributed by atoms with Gasteiger partial charge in [-0.15, -0.1) is 0 Å². The van der Waals surface area contributed by atoms with E-state index in [1.807, 2.05) is 12.1 Å². The Bertz CT molecular complexity index is 572. The molecule has 0 N–H and O–H groups in total. The fourth-order valence-electron chi connectivity index (χ4n) is 4.34. The van der Waals surface area contributed by atoms with Crippen molar-refractivity contribution in [2.45, 2.75) is 72.5 Å². The highest BCUT2D eigenvalue weighted by Crippen LogP contribution is 2.30. The summed E-state index contributed by atoms with van der Waals surface area (Å²) < 4.78 is 0. The maximum absolute atomic E-state index is 12.6. The molecule has 1 aliphatic rings. The molecule has 1 aromatic carbocycles. The van der Waals surface area contributed by atoms with Crippen LogP contribution in [0.4, 0.5) is 0 Å². The molecule has 1 fully saturated rings. The van der Waals surface area contributed by atoms with Gasteiger partial charge in [-0.25, -0.2) is 0 Å². The molecule has 0 radical (unpaired) electrons. The Labute approximate surface area is 164 Å². The lowest BCUT2D eigenvalue weighted by Crippen LogP contribution is -2.55. The lowest BCUT2D eigenvalue weighted by Gasteiger charge is -2.46. The number of amides is 1. The second-order valence-corrected chi connectivity index (χ2v) is 8.45. The monoisotopic (exact) mass is 378 g/mol. The van der Waals surface area contributed by atoms with Crippen molar-refractivity contribution < 1.29 is 4.79 Å². The van der Waals surface area contributed by atoms with Crippen molar-refractivity contribution in [2.75, 3.05) is 13.1 Å². The van der Waals surface area contributed by atoms with E-state index in [2.05, 4.69) is 56.6 Å². The van der Waals surface area contributed by atoms with Gasteiger partial charge in [0.2, 0.25) is 5.91 Å². The van der Waals surface area contributed by atoms with Crippen LogP contribution in [0.2, 0.25) is 5.02 Å². The van der Waals surface area contributed by atoms with Crippen LogP contribution in [0, 0.1) is 11.8 Å². The molecule has 0 saturated carbocycles. The number of carbonyl (C=O) groups excluding carboxylic acids is 1. The lowest BCUT2D eigenvalue weighted by molar-refractivity contribution is -0.143. The van der Waals surface area contributed by atoms with Crippen molar-refractivity contribution in [3.8, 4) is 0 Å². The quantitative estimate of drug-likeness (QED) is 0.618. The number of rotatable bonds is 8. The van der Waals surface area contributed by atoms with E-state index in [-0.39, 0.29) is 0 Å². The fraction of sp³-hybridized carbons (Fsp3) is 0.682. The van der Waals surface area contributed by atoms with Crippen molar-refractivity contribution in [1.29, 1.82) is 0 Å². The van der Waals surface area contributed by atoms with Gasteiger partial charge in [-0.2, -0.15) is 0 Å². The number of hydrogen-bond donors (Lipinski definition) is 0. The molecule has 1 amide bonds. The number of carbonyl (C=O) groups is 1. The highest BCUT2D eigenvalue weighted by atomic mass is 35.5. The van der Waals surface area contributed by atoms with E-state index < -0.39 is 0 Å². The summed E-state index contributed by atoms with van der Waals surface area (Å²) in [6, 6.07) is 8.80. The molecule has 2 rings (SSSR count). The summed E-state index contributed by atoms with van der Waals surface area (Å²) in [5.74, 6) is 1.38. The number of halogens is 1. The van der Waals surface area contributed by atoms with Crippen molar-refractivity contribution in [2.24, 2.45) is 11.8 Å². The van der Waals surface area contributed by atoms with Crippen molar-refractivity contribution >= 4 is 17.5 Å². The third-order valence-corrected chi connectivity index (χ3v) is 6.19. The summed E-state index contributed by atoms with van der Waals surface area (Å²) in [5.41, 5.74) is 1.29.